The normalized spacial score (nSPS) is 23.9. The Morgan fingerprint density at radius 1 is 1.09 bits per heavy atom. The van der Waals surface area contributed by atoms with Crippen LogP contribution in [0.1, 0.15) is 67.2 Å². The number of esters is 2. The Hall–Kier alpha value is -2.42. The molecule has 1 heterocycles. The predicted octanol–water partition coefficient (Wildman–Crippen LogP) is 1.87. The quantitative estimate of drug-likeness (QED) is 0.401. The van der Waals surface area contributed by atoms with E-state index < -0.39 is 40.8 Å². The van der Waals surface area contributed by atoms with E-state index in [1.807, 2.05) is 20.8 Å². The molecule has 0 aromatic heterocycles. The van der Waals surface area contributed by atoms with Crippen molar-refractivity contribution < 1.29 is 33.8 Å². The molecule has 33 heavy (non-hydrogen) atoms. The molecule has 0 unspecified atom stereocenters. The number of cyclic esters (lactones) is 1. The maximum atomic E-state index is 12.9. The monoisotopic (exact) mass is 468 g/mol. The fourth-order valence-corrected chi connectivity index (χ4v) is 3.22. The van der Waals surface area contributed by atoms with Crippen molar-refractivity contribution in [1.29, 1.82) is 0 Å². The summed E-state index contributed by atoms with van der Waals surface area (Å²) in [5.74, 6) is -2.96. The van der Waals surface area contributed by atoms with E-state index in [1.165, 1.54) is 0 Å². The number of aliphatic hydroxyl groups excluding tert-OH is 1. The molecule has 0 radical (unpaired) electrons. The van der Waals surface area contributed by atoms with E-state index in [0.717, 1.165) is 0 Å². The lowest BCUT2D eigenvalue weighted by Gasteiger charge is -2.33. The van der Waals surface area contributed by atoms with E-state index in [9.17, 15) is 19.2 Å². The van der Waals surface area contributed by atoms with Crippen molar-refractivity contribution in [2.45, 2.75) is 78.9 Å². The molecule has 3 atom stereocenters. The molecule has 1 aliphatic heterocycles. The lowest BCUT2D eigenvalue weighted by molar-refractivity contribution is -0.162. The van der Waals surface area contributed by atoms with Crippen LogP contribution in [0.3, 0.4) is 0 Å². The minimum Gasteiger partial charge on any atom is -0.463 e. The van der Waals surface area contributed by atoms with Crippen LogP contribution in [0.25, 0.3) is 0 Å². The number of carbonyl (C=O) groups is 4. The number of ether oxygens (including phenoxy) is 2. The molecular formula is C24H40N2O7. The predicted molar refractivity (Wildman–Crippen MR) is 123 cm³/mol. The molecule has 0 spiro atoms. The zero-order valence-electron chi connectivity index (χ0n) is 20.7. The van der Waals surface area contributed by atoms with Gasteiger partial charge in [0.2, 0.25) is 11.8 Å². The zero-order valence-corrected chi connectivity index (χ0v) is 20.7. The molecular weight excluding hydrogens is 428 g/mol. The Labute approximate surface area is 196 Å². The van der Waals surface area contributed by atoms with Gasteiger partial charge in [0.1, 0.15) is 12.2 Å². The Kier molecular flexibility index (Phi) is 11.0. The first-order chi connectivity index (χ1) is 15.2. The van der Waals surface area contributed by atoms with Gasteiger partial charge in [-0.2, -0.15) is 0 Å². The zero-order chi connectivity index (χ0) is 25.2. The molecule has 0 bridgehead atoms. The molecule has 9 heteroatoms. The first-order valence-electron chi connectivity index (χ1n) is 11.4. The minimum atomic E-state index is -0.710. The highest BCUT2D eigenvalue weighted by Crippen LogP contribution is 2.24. The van der Waals surface area contributed by atoms with Gasteiger partial charge in [-0.25, -0.2) is 0 Å². The summed E-state index contributed by atoms with van der Waals surface area (Å²) in [5, 5.41) is 14.4. The summed E-state index contributed by atoms with van der Waals surface area (Å²) in [6, 6.07) is -0.484. The minimum absolute atomic E-state index is 0.0336. The number of hydrogen-bond donors (Lipinski definition) is 3. The first-order valence-corrected chi connectivity index (χ1v) is 11.4. The second-order valence-corrected chi connectivity index (χ2v) is 10.5. The highest BCUT2D eigenvalue weighted by molar-refractivity contribution is 5.86. The van der Waals surface area contributed by atoms with Gasteiger partial charge in [0.15, 0.2) is 0 Å². The van der Waals surface area contributed by atoms with E-state index in [-0.39, 0.29) is 50.8 Å². The van der Waals surface area contributed by atoms with Crippen LogP contribution in [0.4, 0.5) is 0 Å². The highest BCUT2D eigenvalue weighted by Gasteiger charge is 2.33. The van der Waals surface area contributed by atoms with Crippen molar-refractivity contribution in [3.05, 3.63) is 12.2 Å². The Bertz CT molecular complexity index is 719. The smallest absolute Gasteiger partial charge is 0.309 e. The second-order valence-electron chi connectivity index (χ2n) is 10.5. The van der Waals surface area contributed by atoms with Crippen LogP contribution in [0.5, 0.6) is 0 Å². The van der Waals surface area contributed by atoms with Crippen molar-refractivity contribution in [2.75, 3.05) is 19.8 Å². The molecule has 2 amide bonds. The van der Waals surface area contributed by atoms with Crippen LogP contribution >= 0.6 is 0 Å². The van der Waals surface area contributed by atoms with E-state index in [1.54, 1.807) is 32.9 Å². The average Bonchev–Trinajstić information content (AvgIpc) is 2.67. The van der Waals surface area contributed by atoms with Gasteiger partial charge in [-0.05, 0) is 39.0 Å². The van der Waals surface area contributed by atoms with E-state index >= 15 is 0 Å². The van der Waals surface area contributed by atoms with Gasteiger partial charge in [0.25, 0.3) is 0 Å². The summed E-state index contributed by atoms with van der Waals surface area (Å²) in [5.41, 5.74) is -1.08. The van der Waals surface area contributed by atoms with Gasteiger partial charge in [-0.1, -0.05) is 32.9 Å². The summed E-state index contributed by atoms with van der Waals surface area (Å²) in [7, 11) is 0. The van der Waals surface area contributed by atoms with Crippen molar-refractivity contribution in [1.82, 2.24) is 10.6 Å². The standard InChI is InChI=1S/C24H40N2O7/c1-23(2,3)18-15-32-22(31)17(14-20(29)33-24(4,5)6)10-8-7-9-16(21(30)26-18)13-19(28)25-11-12-27/h7-8,16-18,27H,9-15H2,1-6H3,(H,25,28)(H,26,30)/b8-7-/t16-,17+,18-/m0/s1. The van der Waals surface area contributed by atoms with Crippen molar-refractivity contribution in [2.24, 2.45) is 17.3 Å². The number of nitrogens with one attached hydrogen (secondary N) is 2. The topological polar surface area (TPSA) is 131 Å². The van der Waals surface area contributed by atoms with Crippen LogP contribution in [0, 0.1) is 17.3 Å². The Balaban J connectivity index is 3.06. The highest BCUT2D eigenvalue weighted by atomic mass is 16.6. The van der Waals surface area contributed by atoms with Crippen LogP contribution in [-0.2, 0) is 28.7 Å². The van der Waals surface area contributed by atoms with Crippen LogP contribution in [-0.4, -0.2) is 60.3 Å². The average molecular weight is 469 g/mol. The van der Waals surface area contributed by atoms with Crippen molar-refractivity contribution in [3.8, 4) is 0 Å². The fraction of sp³-hybridized carbons (Fsp3) is 0.750. The third-order valence-electron chi connectivity index (χ3n) is 5.16. The SMILES string of the molecule is CC(C)(C)OC(=O)C[C@H]1C/C=C\C[C@@H](CC(=O)NCCO)C(=O)N[C@H](C(C)(C)C)COC1=O. The van der Waals surface area contributed by atoms with Crippen LogP contribution in [0.15, 0.2) is 12.2 Å². The molecule has 1 rings (SSSR count). The van der Waals surface area contributed by atoms with Crippen molar-refractivity contribution in [3.63, 3.8) is 0 Å². The molecule has 0 aliphatic carbocycles. The third kappa shape index (κ3) is 11.3. The van der Waals surface area contributed by atoms with Gasteiger partial charge in [-0.15, -0.1) is 0 Å². The fourth-order valence-electron chi connectivity index (χ4n) is 3.22. The lowest BCUT2D eigenvalue weighted by atomic mass is 9.86. The largest absolute Gasteiger partial charge is 0.463 e. The number of allylic oxidation sites excluding steroid dienone is 2. The van der Waals surface area contributed by atoms with Crippen molar-refractivity contribution >= 4 is 23.8 Å². The molecule has 0 aromatic carbocycles. The molecule has 0 saturated heterocycles. The third-order valence-corrected chi connectivity index (χ3v) is 5.16. The van der Waals surface area contributed by atoms with E-state index in [2.05, 4.69) is 10.6 Å². The number of carbonyl (C=O) groups excluding carboxylic acids is 4. The summed E-state index contributed by atoms with van der Waals surface area (Å²) in [6.07, 6.45) is 3.87. The molecule has 1 aliphatic rings. The second kappa shape index (κ2) is 12.7. The number of hydrogen-bond acceptors (Lipinski definition) is 7. The number of aliphatic hydroxyl groups is 1. The Morgan fingerprint density at radius 3 is 2.24 bits per heavy atom. The number of rotatable bonds is 6. The van der Waals surface area contributed by atoms with Gasteiger partial charge in [-0.3, -0.25) is 19.2 Å². The summed E-state index contributed by atoms with van der Waals surface area (Å²) < 4.78 is 10.9. The van der Waals surface area contributed by atoms with Gasteiger partial charge in [0.05, 0.1) is 30.9 Å². The van der Waals surface area contributed by atoms with Crippen LogP contribution in [0.2, 0.25) is 0 Å². The maximum Gasteiger partial charge on any atom is 0.309 e. The lowest BCUT2D eigenvalue weighted by Crippen LogP contribution is -2.50. The van der Waals surface area contributed by atoms with E-state index in [4.69, 9.17) is 14.6 Å². The molecule has 0 saturated carbocycles. The van der Waals surface area contributed by atoms with Crippen LogP contribution < -0.4 is 10.6 Å². The molecule has 188 valence electrons. The summed E-state index contributed by atoms with van der Waals surface area (Å²) in [6.45, 7) is 10.9. The Morgan fingerprint density at radius 2 is 1.70 bits per heavy atom. The van der Waals surface area contributed by atoms with Gasteiger partial charge < -0.3 is 25.2 Å². The molecule has 3 N–H and O–H groups in total. The van der Waals surface area contributed by atoms with Gasteiger partial charge >= 0.3 is 11.9 Å². The maximum absolute atomic E-state index is 12.9. The van der Waals surface area contributed by atoms with Gasteiger partial charge in [0, 0.05) is 13.0 Å². The van der Waals surface area contributed by atoms with E-state index in [0.29, 0.717) is 6.42 Å². The summed E-state index contributed by atoms with van der Waals surface area (Å²) in [4.78, 5) is 50.1. The molecule has 0 fully saturated rings. The molecule has 0 aromatic rings. The number of amides is 2. The molecule has 9 nitrogen and oxygen atoms in total. The first kappa shape index (κ1) is 28.6. The summed E-state index contributed by atoms with van der Waals surface area (Å²) >= 11 is 0.